The molecule has 0 radical (unpaired) electrons. The predicted molar refractivity (Wildman–Crippen MR) is 126 cm³/mol. The molecule has 0 aliphatic heterocycles. The van der Waals surface area contributed by atoms with E-state index >= 15 is 0 Å². The number of hydrogen-bond acceptors (Lipinski definition) is 6. The third kappa shape index (κ3) is 5.30. The van der Waals surface area contributed by atoms with Gasteiger partial charge in [-0.2, -0.15) is 18.4 Å². The Morgan fingerprint density at radius 3 is 2.32 bits per heavy atom. The van der Waals surface area contributed by atoms with Crippen LogP contribution in [0.25, 0.3) is 21.0 Å². The molecule has 0 unspecified atom stereocenters. The molecule has 0 saturated heterocycles. The van der Waals surface area contributed by atoms with Gasteiger partial charge in [0.2, 0.25) is 0 Å². The number of alkyl halides is 3. The van der Waals surface area contributed by atoms with E-state index in [1.165, 1.54) is 36.5 Å². The number of nitrogens with zero attached hydrogens (tertiary/aromatic N) is 3. The lowest BCUT2D eigenvalue weighted by Gasteiger charge is -2.17. The Labute approximate surface area is 210 Å². The molecule has 0 saturated carbocycles. The highest BCUT2D eigenvalue weighted by Crippen LogP contribution is 2.38. The van der Waals surface area contributed by atoms with Crippen LogP contribution in [0.4, 0.5) is 22.0 Å². The summed E-state index contributed by atoms with van der Waals surface area (Å²) in [5, 5.41) is 9.14. The quantitative estimate of drug-likeness (QED) is 0.316. The molecule has 0 fully saturated rings. The number of rotatable bonds is 5. The number of benzene rings is 1. The molecule has 0 aliphatic rings. The molecule has 0 spiro atoms. The van der Waals surface area contributed by atoms with E-state index in [9.17, 15) is 40.4 Å². The zero-order valence-electron chi connectivity index (χ0n) is 18.7. The molecule has 13 heteroatoms. The molecule has 0 bridgehead atoms. The van der Waals surface area contributed by atoms with Crippen molar-refractivity contribution in [3.05, 3.63) is 93.4 Å². The summed E-state index contributed by atoms with van der Waals surface area (Å²) in [6.07, 6.45) is -2.75. The van der Waals surface area contributed by atoms with Crippen LogP contribution in [0, 0.1) is 23.0 Å². The number of halogens is 5. The number of thiophene rings is 1. The highest BCUT2D eigenvalue weighted by molar-refractivity contribution is 7.90. The maximum Gasteiger partial charge on any atom is 0.417 e. The summed E-state index contributed by atoms with van der Waals surface area (Å²) in [7, 11) is -3.54. The van der Waals surface area contributed by atoms with Crippen LogP contribution in [0.3, 0.4) is 0 Å². The van der Waals surface area contributed by atoms with E-state index in [-0.39, 0.29) is 21.2 Å². The van der Waals surface area contributed by atoms with Crippen LogP contribution in [-0.2, 0) is 22.6 Å². The first-order valence-electron chi connectivity index (χ1n) is 10.3. The maximum atomic E-state index is 14.3. The van der Waals surface area contributed by atoms with E-state index in [1.807, 2.05) is 0 Å². The smallest absolute Gasteiger partial charge is 0.302 e. The van der Waals surface area contributed by atoms with E-state index in [1.54, 1.807) is 0 Å². The first kappa shape index (κ1) is 26.2. The monoisotopic (exact) mass is 551 g/mol. The fourth-order valence-corrected chi connectivity index (χ4v) is 5.12. The first-order valence-corrected chi connectivity index (χ1v) is 13.0. The SMILES string of the molecule is CS(=O)(=O)c1ccc(-c2ccc(-c3cc(C(F)(F)F)c(C#N)c(=O)n3Cc3ccc(F)cc3F)s2)cn1. The average molecular weight is 552 g/mol. The second-order valence-electron chi connectivity index (χ2n) is 7.88. The molecular weight excluding hydrogens is 537 g/mol. The fourth-order valence-electron chi connectivity index (χ4n) is 3.54. The van der Waals surface area contributed by atoms with Gasteiger partial charge >= 0.3 is 6.18 Å². The van der Waals surface area contributed by atoms with Gasteiger partial charge in [-0.25, -0.2) is 22.2 Å². The van der Waals surface area contributed by atoms with Crippen molar-refractivity contribution in [2.45, 2.75) is 17.7 Å². The molecule has 3 heterocycles. The predicted octanol–water partition coefficient (Wildman–Crippen LogP) is 5.26. The van der Waals surface area contributed by atoms with E-state index in [0.29, 0.717) is 22.6 Å². The molecule has 4 rings (SSSR count). The molecule has 3 aromatic heterocycles. The Morgan fingerprint density at radius 2 is 1.76 bits per heavy atom. The van der Waals surface area contributed by atoms with Crippen molar-refractivity contribution in [1.82, 2.24) is 9.55 Å². The van der Waals surface area contributed by atoms with Crippen molar-refractivity contribution in [2.24, 2.45) is 0 Å². The van der Waals surface area contributed by atoms with Gasteiger partial charge in [0.25, 0.3) is 5.56 Å². The third-order valence-corrected chi connectivity index (χ3v) is 7.48. The number of sulfone groups is 1. The van der Waals surface area contributed by atoms with Crippen LogP contribution >= 0.6 is 11.3 Å². The van der Waals surface area contributed by atoms with Gasteiger partial charge < -0.3 is 4.57 Å². The zero-order chi connectivity index (χ0) is 27.1. The summed E-state index contributed by atoms with van der Waals surface area (Å²) in [5.41, 5.74) is -3.84. The van der Waals surface area contributed by atoms with E-state index < -0.39 is 50.9 Å². The normalized spacial score (nSPS) is 11.9. The minimum atomic E-state index is -5.02. The fraction of sp³-hybridized carbons (Fsp3) is 0.125. The van der Waals surface area contributed by atoms with Gasteiger partial charge in [0.1, 0.15) is 23.3 Å². The van der Waals surface area contributed by atoms with Gasteiger partial charge in [0, 0.05) is 34.5 Å². The van der Waals surface area contributed by atoms with Gasteiger partial charge in [-0.15, -0.1) is 11.3 Å². The summed E-state index contributed by atoms with van der Waals surface area (Å²) in [6.45, 7) is -0.565. The summed E-state index contributed by atoms with van der Waals surface area (Å²) in [6, 6.07) is 10.2. The molecule has 1 aromatic carbocycles. The molecule has 0 amide bonds. The molecule has 190 valence electrons. The lowest BCUT2D eigenvalue weighted by molar-refractivity contribution is -0.137. The number of pyridine rings is 2. The van der Waals surface area contributed by atoms with Gasteiger partial charge in [0.15, 0.2) is 14.9 Å². The Hall–Kier alpha value is -3.89. The highest BCUT2D eigenvalue weighted by atomic mass is 32.2. The van der Waals surface area contributed by atoms with Crippen LogP contribution < -0.4 is 5.56 Å². The van der Waals surface area contributed by atoms with Crippen LogP contribution in [0.1, 0.15) is 16.7 Å². The number of nitriles is 1. The standard InChI is InChI=1S/C24H14F5N3O3S2/c1-37(34,35)22-7-3-13(11-31-22)20-5-6-21(36-20)19-9-17(24(27,28)29)16(10-30)23(33)32(19)12-14-2-4-15(25)8-18(14)26/h2-9,11H,12H2,1H3. The van der Waals surface area contributed by atoms with Gasteiger partial charge in [0.05, 0.1) is 22.7 Å². The molecular formula is C24H14F5N3O3S2. The van der Waals surface area contributed by atoms with Crippen molar-refractivity contribution in [3.8, 4) is 27.1 Å². The molecule has 37 heavy (non-hydrogen) atoms. The van der Waals surface area contributed by atoms with Crippen LogP contribution in [0.2, 0.25) is 0 Å². The van der Waals surface area contributed by atoms with E-state index in [4.69, 9.17) is 0 Å². The number of aromatic nitrogens is 2. The third-order valence-electron chi connectivity index (χ3n) is 5.32. The van der Waals surface area contributed by atoms with Crippen molar-refractivity contribution >= 4 is 21.2 Å². The Morgan fingerprint density at radius 1 is 1.05 bits per heavy atom. The lowest BCUT2D eigenvalue weighted by Crippen LogP contribution is -2.28. The lowest BCUT2D eigenvalue weighted by atomic mass is 10.1. The van der Waals surface area contributed by atoms with Crippen LogP contribution in [0.15, 0.2) is 64.5 Å². The van der Waals surface area contributed by atoms with Gasteiger partial charge in [-0.1, -0.05) is 6.07 Å². The molecule has 0 N–H and O–H groups in total. The Kier molecular flexibility index (Phi) is 6.74. The number of hydrogen-bond donors (Lipinski definition) is 0. The Bertz CT molecular complexity index is 1720. The average Bonchev–Trinajstić information content (AvgIpc) is 3.30. The van der Waals surface area contributed by atoms with Crippen molar-refractivity contribution in [3.63, 3.8) is 0 Å². The van der Waals surface area contributed by atoms with Gasteiger partial charge in [-0.05, 0) is 36.4 Å². The van der Waals surface area contributed by atoms with E-state index in [2.05, 4.69) is 4.98 Å². The minimum Gasteiger partial charge on any atom is -0.302 e. The van der Waals surface area contributed by atoms with Crippen molar-refractivity contribution < 1.29 is 30.4 Å². The van der Waals surface area contributed by atoms with E-state index in [0.717, 1.165) is 34.3 Å². The first-order chi connectivity index (χ1) is 17.3. The Balaban J connectivity index is 1.89. The molecule has 0 aliphatic carbocycles. The zero-order valence-corrected chi connectivity index (χ0v) is 20.3. The minimum absolute atomic E-state index is 0.162. The van der Waals surface area contributed by atoms with Crippen LogP contribution in [-0.4, -0.2) is 24.2 Å². The largest absolute Gasteiger partial charge is 0.417 e. The van der Waals surface area contributed by atoms with Crippen molar-refractivity contribution in [2.75, 3.05) is 6.26 Å². The molecule has 0 atom stereocenters. The van der Waals surface area contributed by atoms with Crippen molar-refractivity contribution in [1.29, 1.82) is 5.26 Å². The molecule has 6 nitrogen and oxygen atoms in total. The highest BCUT2D eigenvalue weighted by Gasteiger charge is 2.36. The summed E-state index contributed by atoms with van der Waals surface area (Å²) in [4.78, 5) is 17.6. The second kappa shape index (κ2) is 9.53. The second-order valence-corrected chi connectivity index (χ2v) is 10.9. The maximum absolute atomic E-state index is 14.3. The summed E-state index contributed by atoms with van der Waals surface area (Å²) >= 11 is 0.972. The van der Waals surface area contributed by atoms with Crippen LogP contribution in [0.5, 0.6) is 0 Å². The summed E-state index contributed by atoms with van der Waals surface area (Å²) in [5.74, 6) is -1.89. The molecule has 4 aromatic rings. The van der Waals surface area contributed by atoms with Gasteiger partial charge in [-0.3, -0.25) is 4.79 Å². The summed E-state index contributed by atoms with van der Waals surface area (Å²) < 4.78 is 93.0. The topological polar surface area (TPSA) is 92.8 Å².